The van der Waals surface area contributed by atoms with Crippen molar-refractivity contribution < 1.29 is 14.3 Å². The van der Waals surface area contributed by atoms with Gasteiger partial charge in [-0.1, -0.05) is 75.5 Å². The summed E-state index contributed by atoms with van der Waals surface area (Å²) in [7, 11) is 0. The highest BCUT2D eigenvalue weighted by Crippen LogP contribution is 2.25. The Kier molecular flexibility index (Phi) is 10.1. The standard InChI is InChI=1S/C26H34Cl2N2O3/c1-6-7-14-29-25(32)18(2)30(16-19-8-13-22(27)23(28)15-19)24(31)17-33-21-11-9-20(10-12-21)26(3,4)5/h8-13,15,18H,6-7,14,16-17H2,1-5H3,(H,29,32)/t18-/m1/s1. The fourth-order valence-corrected chi connectivity index (χ4v) is 3.55. The first-order chi connectivity index (χ1) is 15.5. The van der Waals surface area contributed by atoms with Gasteiger partial charge in [0.15, 0.2) is 6.61 Å². The van der Waals surface area contributed by atoms with E-state index in [2.05, 4.69) is 33.0 Å². The zero-order valence-electron chi connectivity index (χ0n) is 20.1. The molecule has 0 aliphatic carbocycles. The van der Waals surface area contributed by atoms with Gasteiger partial charge in [-0.3, -0.25) is 9.59 Å². The Balaban J connectivity index is 2.14. The molecule has 33 heavy (non-hydrogen) atoms. The van der Waals surface area contributed by atoms with Crippen LogP contribution in [-0.4, -0.2) is 35.9 Å². The van der Waals surface area contributed by atoms with Gasteiger partial charge >= 0.3 is 0 Å². The van der Waals surface area contributed by atoms with Gasteiger partial charge in [0.1, 0.15) is 11.8 Å². The maximum atomic E-state index is 13.1. The van der Waals surface area contributed by atoms with Gasteiger partial charge in [-0.25, -0.2) is 0 Å². The van der Waals surface area contributed by atoms with Crippen LogP contribution < -0.4 is 10.1 Å². The molecule has 180 valence electrons. The van der Waals surface area contributed by atoms with Crippen molar-refractivity contribution in [2.24, 2.45) is 0 Å². The van der Waals surface area contributed by atoms with Gasteiger partial charge < -0.3 is 15.0 Å². The molecule has 0 spiro atoms. The lowest BCUT2D eigenvalue weighted by atomic mass is 9.87. The number of amides is 2. The number of nitrogens with one attached hydrogen (secondary N) is 1. The van der Waals surface area contributed by atoms with Crippen molar-refractivity contribution in [2.75, 3.05) is 13.2 Å². The van der Waals surface area contributed by atoms with Crippen molar-refractivity contribution in [1.82, 2.24) is 10.2 Å². The van der Waals surface area contributed by atoms with Crippen molar-refractivity contribution in [1.29, 1.82) is 0 Å². The van der Waals surface area contributed by atoms with E-state index >= 15 is 0 Å². The Morgan fingerprint density at radius 3 is 2.30 bits per heavy atom. The minimum absolute atomic E-state index is 0.0333. The van der Waals surface area contributed by atoms with Gasteiger partial charge in [0.05, 0.1) is 10.0 Å². The first-order valence-electron chi connectivity index (χ1n) is 11.3. The van der Waals surface area contributed by atoms with E-state index in [1.807, 2.05) is 24.3 Å². The molecule has 0 bridgehead atoms. The van der Waals surface area contributed by atoms with E-state index in [4.69, 9.17) is 27.9 Å². The molecular weight excluding hydrogens is 459 g/mol. The molecule has 1 N–H and O–H groups in total. The van der Waals surface area contributed by atoms with Gasteiger partial charge in [0.25, 0.3) is 5.91 Å². The summed E-state index contributed by atoms with van der Waals surface area (Å²) < 4.78 is 5.76. The van der Waals surface area contributed by atoms with Crippen molar-refractivity contribution in [3.63, 3.8) is 0 Å². The molecule has 0 radical (unpaired) electrons. The second kappa shape index (κ2) is 12.3. The zero-order chi connectivity index (χ0) is 24.6. The third-order valence-corrected chi connectivity index (χ3v) is 6.16. The van der Waals surface area contributed by atoms with Crippen molar-refractivity contribution in [3.8, 4) is 5.75 Å². The minimum Gasteiger partial charge on any atom is -0.484 e. The normalized spacial score (nSPS) is 12.2. The molecule has 2 rings (SSSR count). The lowest BCUT2D eigenvalue weighted by Gasteiger charge is -2.29. The Morgan fingerprint density at radius 1 is 1.06 bits per heavy atom. The first kappa shape index (κ1) is 27.0. The Labute approximate surface area is 207 Å². The predicted molar refractivity (Wildman–Crippen MR) is 135 cm³/mol. The summed E-state index contributed by atoms with van der Waals surface area (Å²) in [5, 5.41) is 3.73. The third kappa shape index (κ3) is 8.24. The number of halogens is 2. The summed E-state index contributed by atoms with van der Waals surface area (Å²) >= 11 is 12.2. The smallest absolute Gasteiger partial charge is 0.261 e. The molecule has 1 atom stereocenters. The van der Waals surface area contributed by atoms with Crippen LogP contribution in [-0.2, 0) is 21.5 Å². The molecule has 0 aliphatic heterocycles. The lowest BCUT2D eigenvalue weighted by Crippen LogP contribution is -2.49. The zero-order valence-corrected chi connectivity index (χ0v) is 21.6. The Hall–Kier alpha value is -2.24. The molecule has 0 saturated heterocycles. The van der Waals surface area contributed by atoms with Crippen LogP contribution in [0.15, 0.2) is 42.5 Å². The van der Waals surface area contributed by atoms with Crippen LogP contribution in [0.1, 0.15) is 58.6 Å². The van der Waals surface area contributed by atoms with E-state index in [9.17, 15) is 9.59 Å². The van der Waals surface area contributed by atoms with E-state index in [-0.39, 0.29) is 30.4 Å². The maximum Gasteiger partial charge on any atom is 0.261 e. The van der Waals surface area contributed by atoms with Gasteiger partial charge in [0.2, 0.25) is 5.91 Å². The van der Waals surface area contributed by atoms with Crippen LogP contribution in [0.4, 0.5) is 0 Å². The first-order valence-corrected chi connectivity index (χ1v) is 12.0. The number of unbranched alkanes of at least 4 members (excludes halogenated alkanes) is 1. The number of hydrogen-bond donors (Lipinski definition) is 1. The van der Waals surface area contributed by atoms with Crippen molar-refractivity contribution in [3.05, 3.63) is 63.6 Å². The Morgan fingerprint density at radius 2 is 1.73 bits per heavy atom. The number of carbonyl (C=O) groups excluding carboxylic acids is 2. The highest BCUT2D eigenvalue weighted by atomic mass is 35.5. The van der Waals surface area contributed by atoms with Gasteiger partial charge in [0, 0.05) is 13.1 Å². The van der Waals surface area contributed by atoms with Crippen LogP contribution in [0.2, 0.25) is 10.0 Å². The molecule has 5 nitrogen and oxygen atoms in total. The summed E-state index contributed by atoms with van der Waals surface area (Å²) in [4.78, 5) is 27.3. The summed E-state index contributed by atoms with van der Waals surface area (Å²) in [6.07, 6.45) is 1.86. The second-order valence-corrected chi connectivity index (χ2v) is 9.97. The van der Waals surface area contributed by atoms with E-state index in [1.54, 1.807) is 25.1 Å². The fraction of sp³-hybridized carbons (Fsp3) is 0.462. The van der Waals surface area contributed by atoms with Crippen LogP contribution >= 0.6 is 23.2 Å². The van der Waals surface area contributed by atoms with Gasteiger partial charge in [-0.05, 0) is 54.2 Å². The largest absolute Gasteiger partial charge is 0.484 e. The molecule has 0 heterocycles. The quantitative estimate of drug-likeness (QED) is 0.413. The molecule has 0 fully saturated rings. The van der Waals surface area contributed by atoms with Crippen molar-refractivity contribution in [2.45, 2.75) is 65.5 Å². The van der Waals surface area contributed by atoms with E-state index in [1.165, 1.54) is 10.5 Å². The third-order valence-electron chi connectivity index (χ3n) is 5.42. The number of benzene rings is 2. The Bertz CT molecular complexity index is 940. The molecule has 0 unspecified atom stereocenters. The average molecular weight is 493 g/mol. The topological polar surface area (TPSA) is 58.6 Å². The summed E-state index contributed by atoms with van der Waals surface area (Å²) in [6, 6.07) is 12.2. The number of nitrogens with zero attached hydrogens (tertiary/aromatic N) is 1. The van der Waals surface area contributed by atoms with E-state index in [0.29, 0.717) is 22.3 Å². The fourth-order valence-electron chi connectivity index (χ4n) is 3.23. The molecular formula is C26H34Cl2N2O3. The summed E-state index contributed by atoms with van der Waals surface area (Å²) in [5.74, 6) is 0.108. The number of carbonyl (C=O) groups is 2. The highest BCUT2D eigenvalue weighted by molar-refractivity contribution is 6.42. The monoisotopic (exact) mass is 492 g/mol. The van der Waals surface area contributed by atoms with Crippen LogP contribution in [0.5, 0.6) is 5.75 Å². The van der Waals surface area contributed by atoms with Crippen molar-refractivity contribution >= 4 is 35.0 Å². The number of ether oxygens (including phenoxy) is 1. The van der Waals surface area contributed by atoms with E-state index in [0.717, 1.165) is 18.4 Å². The van der Waals surface area contributed by atoms with Gasteiger partial charge in [-0.15, -0.1) is 0 Å². The number of rotatable bonds is 10. The highest BCUT2D eigenvalue weighted by Gasteiger charge is 2.26. The SMILES string of the molecule is CCCCNC(=O)[C@@H](C)N(Cc1ccc(Cl)c(Cl)c1)C(=O)COc1ccc(C(C)(C)C)cc1. The molecule has 0 saturated carbocycles. The molecule has 7 heteroatoms. The van der Waals surface area contributed by atoms with E-state index < -0.39 is 6.04 Å². The van der Waals surface area contributed by atoms with Crippen LogP contribution in [0.25, 0.3) is 0 Å². The molecule has 2 amide bonds. The molecule has 2 aromatic carbocycles. The summed E-state index contributed by atoms with van der Waals surface area (Å²) in [5.41, 5.74) is 1.99. The molecule has 0 aromatic heterocycles. The minimum atomic E-state index is -0.671. The molecule has 0 aliphatic rings. The number of hydrogen-bond acceptors (Lipinski definition) is 3. The van der Waals surface area contributed by atoms with Crippen LogP contribution in [0, 0.1) is 0 Å². The second-order valence-electron chi connectivity index (χ2n) is 9.15. The lowest BCUT2D eigenvalue weighted by molar-refractivity contribution is -0.142. The maximum absolute atomic E-state index is 13.1. The van der Waals surface area contributed by atoms with Crippen LogP contribution in [0.3, 0.4) is 0 Å². The van der Waals surface area contributed by atoms with Gasteiger partial charge in [-0.2, -0.15) is 0 Å². The average Bonchev–Trinajstić information content (AvgIpc) is 2.77. The molecule has 2 aromatic rings. The summed E-state index contributed by atoms with van der Waals surface area (Å²) in [6.45, 7) is 10.8. The predicted octanol–water partition coefficient (Wildman–Crippen LogP) is 6.00.